The molecule has 2 N–H and O–H groups in total. The minimum atomic E-state index is -3.05. The minimum Gasteiger partial charge on any atom is -0.456 e. The molecule has 1 amide bonds. The summed E-state index contributed by atoms with van der Waals surface area (Å²) in [6.07, 6.45) is 6.13. The smallest absolute Gasteiger partial charge is 0.306 e. The van der Waals surface area contributed by atoms with Gasteiger partial charge in [0.1, 0.15) is 0 Å². The Labute approximate surface area is 153 Å². The fourth-order valence-corrected chi connectivity index (χ4v) is 7.96. The van der Waals surface area contributed by atoms with Gasteiger partial charge in [0.05, 0.1) is 23.5 Å². The molecule has 7 nitrogen and oxygen atoms in total. The number of hydrogen-bond donors (Lipinski definition) is 2. The van der Waals surface area contributed by atoms with Crippen LogP contribution in [0.5, 0.6) is 0 Å². The number of rotatable bonds is 5. The Morgan fingerprint density at radius 1 is 1.15 bits per heavy atom. The van der Waals surface area contributed by atoms with Crippen LogP contribution in [0.15, 0.2) is 0 Å². The lowest BCUT2D eigenvalue weighted by molar-refractivity contribution is -0.177. The third kappa shape index (κ3) is 3.76. The van der Waals surface area contributed by atoms with Gasteiger partial charge < -0.3 is 15.2 Å². The van der Waals surface area contributed by atoms with Gasteiger partial charge in [-0.25, -0.2) is 8.42 Å². The summed E-state index contributed by atoms with van der Waals surface area (Å²) >= 11 is 0. The van der Waals surface area contributed by atoms with Crippen LogP contribution in [0.4, 0.5) is 0 Å². The zero-order valence-corrected chi connectivity index (χ0v) is 15.7. The lowest BCUT2D eigenvalue weighted by Gasteiger charge is -2.60. The van der Waals surface area contributed by atoms with Gasteiger partial charge in [-0.2, -0.15) is 0 Å². The second-order valence-corrected chi connectivity index (χ2v) is 11.4. The Kier molecular flexibility index (Phi) is 4.34. The average Bonchev–Trinajstić information content (AvgIpc) is 2.81. The molecular formula is C18H27NO6S. The van der Waals surface area contributed by atoms with Crippen LogP contribution in [-0.2, 0) is 24.2 Å². The predicted molar refractivity (Wildman–Crippen MR) is 92.8 cm³/mol. The quantitative estimate of drug-likeness (QED) is 0.669. The SMILES string of the molecule is O=C(COC(=O)CC12C[C@@H]3C[C@@H](CC(O)(C3)C1)C2)N[C@@H]1CCS(=O)(=O)C1. The number of carbonyl (C=O) groups is 2. The van der Waals surface area contributed by atoms with Gasteiger partial charge in [-0.1, -0.05) is 0 Å². The van der Waals surface area contributed by atoms with E-state index in [9.17, 15) is 23.1 Å². The van der Waals surface area contributed by atoms with E-state index in [0.29, 0.717) is 24.7 Å². The fourth-order valence-electron chi connectivity index (χ4n) is 6.29. The molecule has 146 valence electrons. The van der Waals surface area contributed by atoms with Crippen molar-refractivity contribution in [3.8, 4) is 0 Å². The van der Waals surface area contributed by atoms with Gasteiger partial charge >= 0.3 is 5.97 Å². The first-order valence-corrected chi connectivity index (χ1v) is 11.3. The monoisotopic (exact) mass is 385 g/mol. The number of carbonyl (C=O) groups excluding carboxylic acids is 2. The van der Waals surface area contributed by atoms with Crippen molar-refractivity contribution < 1.29 is 27.9 Å². The molecule has 4 bridgehead atoms. The molecule has 8 heteroatoms. The van der Waals surface area contributed by atoms with Crippen molar-refractivity contribution in [3.05, 3.63) is 0 Å². The first kappa shape index (κ1) is 18.2. The molecule has 1 saturated heterocycles. The van der Waals surface area contributed by atoms with Gasteiger partial charge in [0, 0.05) is 6.04 Å². The van der Waals surface area contributed by atoms with Crippen molar-refractivity contribution in [2.45, 2.75) is 63.0 Å². The number of aliphatic hydroxyl groups is 1. The molecule has 0 radical (unpaired) electrons. The molecule has 5 fully saturated rings. The van der Waals surface area contributed by atoms with Gasteiger partial charge in [0.2, 0.25) is 0 Å². The van der Waals surface area contributed by atoms with Gasteiger partial charge in [-0.05, 0) is 62.2 Å². The second kappa shape index (κ2) is 6.19. The summed E-state index contributed by atoms with van der Waals surface area (Å²) in [4.78, 5) is 24.2. The number of hydrogen-bond acceptors (Lipinski definition) is 6. The summed E-state index contributed by atoms with van der Waals surface area (Å²) in [7, 11) is -3.05. The first-order valence-electron chi connectivity index (χ1n) is 9.52. The molecule has 0 aromatic rings. The number of ether oxygens (including phenoxy) is 1. The molecule has 1 heterocycles. The molecular weight excluding hydrogens is 358 g/mol. The number of sulfone groups is 1. The van der Waals surface area contributed by atoms with Crippen molar-refractivity contribution in [1.29, 1.82) is 0 Å². The largest absolute Gasteiger partial charge is 0.456 e. The maximum absolute atomic E-state index is 12.3. The van der Waals surface area contributed by atoms with Crippen molar-refractivity contribution in [1.82, 2.24) is 5.32 Å². The molecule has 0 aromatic carbocycles. The minimum absolute atomic E-state index is 0.0445. The number of nitrogens with one attached hydrogen (secondary N) is 1. The van der Waals surface area contributed by atoms with E-state index >= 15 is 0 Å². The highest BCUT2D eigenvalue weighted by atomic mass is 32.2. The summed E-state index contributed by atoms with van der Waals surface area (Å²) in [6, 6.07) is -0.386. The molecule has 4 saturated carbocycles. The van der Waals surface area contributed by atoms with Gasteiger partial charge in [0.25, 0.3) is 5.91 Å². The maximum atomic E-state index is 12.3. The third-order valence-corrected chi connectivity index (χ3v) is 8.40. The predicted octanol–water partition coefficient (Wildman–Crippen LogP) is 0.554. The lowest BCUT2D eigenvalue weighted by atomic mass is 9.47. The van der Waals surface area contributed by atoms with Crippen molar-refractivity contribution in [3.63, 3.8) is 0 Å². The van der Waals surface area contributed by atoms with Gasteiger partial charge in [0.15, 0.2) is 16.4 Å². The van der Waals surface area contributed by atoms with Crippen LogP contribution < -0.4 is 5.32 Å². The highest BCUT2D eigenvalue weighted by Gasteiger charge is 2.57. The normalized spacial score (nSPS) is 42.6. The fraction of sp³-hybridized carbons (Fsp3) is 0.889. The molecule has 0 aromatic heterocycles. The molecule has 1 aliphatic heterocycles. The van der Waals surface area contributed by atoms with Crippen molar-refractivity contribution in [2.75, 3.05) is 18.1 Å². The van der Waals surface area contributed by atoms with Crippen LogP contribution in [-0.4, -0.2) is 55.2 Å². The lowest BCUT2D eigenvalue weighted by Crippen LogP contribution is -2.56. The molecule has 4 aliphatic carbocycles. The van der Waals surface area contributed by atoms with E-state index in [-0.39, 0.29) is 36.0 Å². The Morgan fingerprint density at radius 2 is 1.85 bits per heavy atom. The maximum Gasteiger partial charge on any atom is 0.306 e. The zero-order chi connectivity index (χ0) is 18.6. The van der Waals surface area contributed by atoms with Crippen LogP contribution in [0.1, 0.15) is 51.4 Å². The number of esters is 1. The third-order valence-electron chi connectivity index (χ3n) is 6.63. The van der Waals surface area contributed by atoms with Crippen LogP contribution in [0, 0.1) is 17.3 Å². The highest BCUT2D eigenvalue weighted by molar-refractivity contribution is 7.91. The van der Waals surface area contributed by atoms with Crippen LogP contribution >= 0.6 is 0 Å². The van der Waals surface area contributed by atoms with E-state index < -0.39 is 27.3 Å². The van der Waals surface area contributed by atoms with E-state index in [1.807, 2.05) is 0 Å². The Bertz CT molecular complexity index is 703. The van der Waals surface area contributed by atoms with E-state index in [1.54, 1.807) is 0 Å². The topological polar surface area (TPSA) is 110 Å². The van der Waals surface area contributed by atoms with E-state index in [0.717, 1.165) is 32.1 Å². The van der Waals surface area contributed by atoms with Crippen LogP contribution in [0.3, 0.4) is 0 Å². The van der Waals surface area contributed by atoms with E-state index in [2.05, 4.69) is 5.32 Å². The summed E-state index contributed by atoms with van der Waals surface area (Å²) in [5.74, 6) is 0.195. The Hall–Kier alpha value is -1.15. The number of amides is 1. The summed E-state index contributed by atoms with van der Waals surface area (Å²) in [5, 5.41) is 13.4. The second-order valence-electron chi connectivity index (χ2n) is 9.19. The standard InChI is InChI=1S/C18H27NO6S/c20-15(19-14-1-2-26(23,24)10-14)9-25-16(21)8-17-4-12-3-13(5-17)7-18(22,6-12)11-17/h12-14,22H,1-11H2,(H,19,20)/t12-,13+,14-,17?,18?/m1/s1. The molecule has 5 rings (SSSR count). The highest BCUT2D eigenvalue weighted by Crippen LogP contribution is 2.62. The molecule has 2 unspecified atom stereocenters. The van der Waals surface area contributed by atoms with Crippen molar-refractivity contribution in [2.24, 2.45) is 17.3 Å². The molecule has 0 spiro atoms. The summed E-state index contributed by atoms with van der Waals surface area (Å²) in [5.41, 5.74) is -0.790. The first-order chi connectivity index (χ1) is 12.1. The summed E-state index contributed by atoms with van der Waals surface area (Å²) < 4.78 is 28.0. The average molecular weight is 385 g/mol. The van der Waals surface area contributed by atoms with E-state index in [4.69, 9.17) is 4.74 Å². The van der Waals surface area contributed by atoms with E-state index in [1.165, 1.54) is 0 Å². The molecule has 5 atom stereocenters. The summed E-state index contributed by atoms with van der Waals surface area (Å²) in [6.45, 7) is -0.372. The van der Waals surface area contributed by atoms with Gasteiger partial charge in [-0.3, -0.25) is 9.59 Å². The van der Waals surface area contributed by atoms with Crippen molar-refractivity contribution >= 4 is 21.7 Å². The zero-order valence-electron chi connectivity index (χ0n) is 14.9. The Balaban J connectivity index is 1.26. The van der Waals surface area contributed by atoms with Crippen LogP contribution in [0.2, 0.25) is 0 Å². The van der Waals surface area contributed by atoms with Gasteiger partial charge in [-0.15, -0.1) is 0 Å². The molecule has 26 heavy (non-hydrogen) atoms. The Morgan fingerprint density at radius 3 is 2.42 bits per heavy atom. The van der Waals surface area contributed by atoms with Crippen LogP contribution in [0.25, 0.3) is 0 Å². The molecule has 5 aliphatic rings.